The zero-order valence-electron chi connectivity index (χ0n) is 20.4. The van der Waals surface area contributed by atoms with E-state index in [1.165, 1.54) is 0 Å². The third-order valence-electron chi connectivity index (χ3n) is 6.20. The van der Waals surface area contributed by atoms with Crippen LogP contribution in [-0.4, -0.2) is 77.6 Å². The van der Waals surface area contributed by atoms with Gasteiger partial charge in [0, 0.05) is 13.1 Å². The Morgan fingerprint density at radius 1 is 1.12 bits per heavy atom. The number of guanidine groups is 1. The number of aliphatic imine (C=N–C) groups is 1. The minimum absolute atomic E-state index is 0.0185. The van der Waals surface area contributed by atoms with Crippen molar-refractivity contribution in [3.8, 4) is 0 Å². The van der Waals surface area contributed by atoms with Gasteiger partial charge in [-0.05, 0) is 37.5 Å². The zero-order valence-corrected chi connectivity index (χ0v) is 20.4. The summed E-state index contributed by atoms with van der Waals surface area (Å²) in [6.07, 6.45) is 3.10. The van der Waals surface area contributed by atoms with Crippen LogP contribution in [0.15, 0.2) is 4.99 Å². The molecule has 1 aliphatic heterocycles. The molecular formula is C22H43N7O4. The topological polar surface area (TPSA) is 189 Å². The Kier molecular flexibility index (Phi) is 12.1. The highest BCUT2D eigenvalue weighted by Crippen LogP contribution is 2.20. The van der Waals surface area contributed by atoms with Gasteiger partial charge in [0.05, 0.1) is 18.7 Å². The quantitative estimate of drug-likeness (QED) is 0.113. The lowest BCUT2D eigenvalue weighted by molar-refractivity contribution is -0.140. The molecule has 0 bridgehead atoms. The predicted octanol–water partition coefficient (Wildman–Crippen LogP) is -0.978. The summed E-state index contributed by atoms with van der Waals surface area (Å²) in [6.45, 7) is 8.33. The molecule has 11 heteroatoms. The zero-order chi connectivity index (χ0) is 25.1. The minimum Gasteiger partial charge on any atom is -0.394 e. The summed E-state index contributed by atoms with van der Waals surface area (Å²) >= 11 is 0. The van der Waals surface area contributed by atoms with Gasteiger partial charge in [-0.25, -0.2) is 0 Å². The normalized spacial score (nSPS) is 19.5. The molecule has 0 radical (unpaired) electrons. The number of carbonyl (C=O) groups excluding carboxylic acids is 3. The number of amides is 3. The van der Waals surface area contributed by atoms with E-state index in [4.69, 9.17) is 17.2 Å². The number of carbonyl (C=O) groups is 3. The van der Waals surface area contributed by atoms with Crippen molar-refractivity contribution >= 4 is 23.7 Å². The summed E-state index contributed by atoms with van der Waals surface area (Å²) in [6, 6.07) is -2.61. The number of hydrogen-bond acceptors (Lipinski definition) is 6. The summed E-state index contributed by atoms with van der Waals surface area (Å²) in [4.78, 5) is 44.5. The second kappa shape index (κ2) is 14.0. The maximum Gasteiger partial charge on any atom is 0.245 e. The fourth-order valence-corrected chi connectivity index (χ4v) is 3.86. The molecule has 0 aliphatic carbocycles. The number of nitrogens with two attached hydrogens (primary N) is 3. The Hall–Kier alpha value is -2.40. The molecule has 11 nitrogen and oxygen atoms in total. The van der Waals surface area contributed by atoms with Crippen LogP contribution in [0.2, 0.25) is 0 Å². The Bertz CT molecular complexity index is 682. The van der Waals surface area contributed by atoms with Crippen LogP contribution in [0.25, 0.3) is 0 Å². The third-order valence-corrected chi connectivity index (χ3v) is 6.20. The SMILES string of the molecule is CC[C@H](C)[C@H](NC(=O)[C@@H](N)CCCN=C(N)N)C(=O)N[C@H](C(=O)N1CCC[C@H]1CO)C(C)C. The summed E-state index contributed by atoms with van der Waals surface area (Å²) < 4.78 is 0. The molecule has 3 amide bonds. The fraction of sp³-hybridized carbons (Fsp3) is 0.818. The largest absolute Gasteiger partial charge is 0.394 e. The number of nitrogens with one attached hydrogen (secondary N) is 2. The second-order valence-electron chi connectivity index (χ2n) is 9.17. The first-order valence-corrected chi connectivity index (χ1v) is 11.9. The van der Waals surface area contributed by atoms with E-state index in [0.717, 1.165) is 12.8 Å². The van der Waals surface area contributed by atoms with Gasteiger partial charge < -0.3 is 37.8 Å². The standard InChI is InChI=1S/C22H43N7O4/c1-5-14(4)18(28-19(31)16(23)9-6-10-26-22(24)25)20(32)27-17(13(2)3)21(33)29-11-7-8-15(29)12-30/h13-18,30H,5-12,23H2,1-4H3,(H,27,32)(H,28,31)(H4,24,25,26)/t14-,15-,16-,17-,18-/m0/s1. The van der Waals surface area contributed by atoms with Crippen molar-refractivity contribution in [3.63, 3.8) is 0 Å². The molecule has 1 saturated heterocycles. The molecule has 0 aromatic carbocycles. The van der Waals surface area contributed by atoms with Crippen molar-refractivity contribution in [2.24, 2.45) is 34.0 Å². The molecule has 0 aromatic heterocycles. The molecule has 0 unspecified atom stereocenters. The number of rotatable bonds is 13. The van der Waals surface area contributed by atoms with E-state index in [2.05, 4.69) is 15.6 Å². The van der Waals surface area contributed by atoms with Crippen LogP contribution in [0.1, 0.15) is 59.8 Å². The average molecular weight is 470 g/mol. The first kappa shape index (κ1) is 28.6. The van der Waals surface area contributed by atoms with Crippen LogP contribution < -0.4 is 27.8 Å². The van der Waals surface area contributed by atoms with Crippen molar-refractivity contribution in [3.05, 3.63) is 0 Å². The smallest absolute Gasteiger partial charge is 0.245 e. The molecule has 190 valence electrons. The molecule has 5 atom stereocenters. The van der Waals surface area contributed by atoms with Gasteiger partial charge in [0.1, 0.15) is 12.1 Å². The summed E-state index contributed by atoms with van der Waals surface area (Å²) in [5.74, 6) is -1.41. The van der Waals surface area contributed by atoms with Crippen LogP contribution >= 0.6 is 0 Å². The maximum absolute atomic E-state index is 13.2. The lowest BCUT2D eigenvalue weighted by Gasteiger charge is -2.32. The molecular weight excluding hydrogens is 426 g/mol. The molecule has 1 aliphatic rings. The van der Waals surface area contributed by atoms with Crippen LogP contribution in [-0.2, 0) is 14.4 Å². The van der Waals surface area contributed by atoms with Gasteiger partial charge in [-0.15, -0.1) is 0 Å². The number of likely N-dealkylation sites (tertiary alicyclic amines) is 1. The summed E-state index contributed by atoms with van der Waals surface area (Å²) in [5, 5.41) is 15.2. The lowest BCUT2D eigenvalue weighted by Crippen LogP contribution is -2.59. The first-order chi connectivity index (χ1) is 15.5. The minimum atomic E-state index is -0.826. The molecule has 1 rings (SSSR count). The average Bonchev–Trinajstić information content (AvgIpc) is 3.25. The Morgan fingerprint density at radius 2 is 1.76 bits per heavy atom. The number of nitrogens with zero attached hydrogens (tertiary/aromatic N) is 2. The Balaban J connectivity index is 2.84. The van der Waals surface area contributed by atoms with Crippen LogP contribution in [0.3, 0.4) is 0 Å². The Morgan fingerprint density at radius 3 is 2.30 bits per heavy atom. The lowest BCUT2D eigenvalue weighted by atomic mass is 9.95. The number of hydrogen-bond donors (Lipinski definition) is 6. The van der Waals surface area contributed by atoms with Crippen LogP contribution in [0, 0.1) is 11.8 Å². The second-order valence-corrected chi connectivity index (χ2v) is 9.17. The molecule has 9 N–H and O–H groups in total. The molecule has 0 aromatic rings. The highest BCUT2D eigenvalue weighted by atomic mass is 16.3. The van der Waals surface area contributed by atoms with Crippen molar-refractivity contribution in [2.45, 2.75) is 84.0 Å². The Labute approximate surface area is 196 Å². The van der Waals surface area contributed by atoms with E-state index in [9.17, 15) is 19.5 Å². The third kappa shape index (κ3) is 8.81. The highest BCUT2D eigenvalue weighted by Gasteiger charge is 2.37. The number of aliphatic hydroxyl groups excluding tert-OH is 1. The molecule has 1 heterocycles. The van der Waals surface area contributed by atoms with E-state index < -0.39 is 29.9 Å². The van der Waals surface area contributed by atoms with E-state index in [-0.39, 0.29) is 36.4 Å². The van der Waals surface area contributed by atoms with Gasteiger partial charge in [0.15, 0.2) is 5.96 Å². The van der Waals surface area contributed by atoms with Crippen molar-refractivity contribution in [1.29, 1.82) is 0 Å². The molecule has 1 fully saturated rings. The first-order valence-electron chi connectivity index (χ1n) is 11.9. The van der Waals surface area contributed by atoms with Gasteiger partial charge in [-0.3, -0.25) is 19.4 Å². The summed E-state index contributed by atoms with van der Waals surface area (Å²) in [7, 11) is 0. The van der Waals surface area contributed by atoms with Gasteiger partial charge in [0.2, 0.25) is 17.7 Å². The van der Waals surface area contributed by atoms with Gasteiger partial charge >= 0.3 is 0 Å². The van der Waals surface area contributed by atoms with Gasteiger partial charge in [-0.2, -0.15) is 0 Å². The predicted molar refractivity (Wildman–Crippen MR) is 128 cm³/mol. The maximum atomic E-state index is 13.2. The van der Waals surface area contributed by atoms with Crippen molar-refractivity contribution in [1.82, 2.24) is 15.5 Å². The van der Waals surface area contributed by atoms with Gasteiger partial charge in [-0.1, -0.05) is 34.1 Å². The summed E-state index contributed by atoms with van der Waals surface area (Å²) in [5.41, 5.74) is 16.6. The highest BCUT2D eigenvalue weighted by molar-refractivity contribution is 5.93. The van der Waals surface area contributed by atoms with Crippen molar-refractivity contribution in [2.75, 3.05) is 19.7 Å². The monoisotopic (exact) mass is 469 g/mol. The van der Waals surface area contributed by atoms with E-state index in [0.29, 0.717) is 32.4 Å². The fourth-order valence-electron chi connectivity index (χ4n) is 3.86. The van der Waals surface area contributed by atoms with Gasteiger partial charge in [0.25, 0.3) is 0 Å². The molecule has 33 heavy (non-hydrogen) atoms. The van der Waals surface area contributed by atoms with E-state index in [1.807, 2.05) is 27.7 Å². The van der Waals surface area contributed by atoms with Crippen LogP contribution in [0.4, 0.5) is 0 Å². The van der Waals surface area contributed by atoms with E-state index in [1.54, 1.807) is 4.90 Å². The molecule has 0 saturated carbocycles. The number of aliphatic hydroxyl groups is 1. The van der Waals surface area contributed by atoms with Crippen molar-refractivity contribution < 1.29 is 19.5 Å². The van der Waals surface area contributed by atoms with Crippen LogP contribution in [0.5, 0.6) is 0 Å². The molecule has 0 spiro atoms. The van der Waals surface area contributed by atoms with E-state index >= 15 is 0 Å².